The van der Waals surface area contributed by atoms with Gasteiger partial charge in [-0.15, -0.1) is 0 Å². The van der Waals surface area contributed by atoms with Gasteiger partial charge in [-0.05, 0) is 13.8 Å². The summed E-state index contributed by atoms with van der Waals surface area (Å²) < 4.78 is 30.3. The molecule has 0 fully saturated rings. The number of rotatable bonds is 2. The first-order valence-electron chi connectivity index (χ1n) is 2.56. The van der Waals surface area contributed by atoms with Gasteiger partial charge in [0.15, 0.2) is 0 Å². The van der Waals surface area contributed by atoms with Crippen LogP contribution in [-0.2, 0) is 10.1 Å². The smallest absolute Gasteiger partial charge is 0.747 e. The van der Waals surface area contributed by atoms with Gasteiger partial charge in [0.05, 0.1) is 5.25 Å². The molecule has 3 nitrogen and oxygen atoms in total. The van der Waals surface area contributed by atoms with Crippen molar-refractivity contribution >= 4 is 10.1 Å². The third-order valence-corrected chi connectivity index (χ3v) is 1.99. The van der Waals surface area contributed by atoms with E-state index >= 15 is 0 Å². The van der Waals surface area contributed by atoms with E-state index in [0.29, 0.717) is 0 Å². The maximum absolute atomic E-state index is 10.1. The second kappa shape index (κ2) is 5.88. The second-order valence-electron chi connectivity index (χ2n) is 1.72. The molecule has 0 aliphatic rings. The first-order chi connectivity index (χ1) is 3.98. The standard InChI is InChI=1S/C5H10O3S.K/c1-3-4-5(2)9(6,7)8;/h3-5H,1-2H3,(H,6,7,8);/q;+1/p-1. The zero-order valence-electron chi connectivity index (χ0n) is 6.37. The molecule has 54 valence electrons. The first-order valence-corrected chi connectivity index (χ1v) is 4.03. The fourth-order valence-electron chi connectivity index (χ4n) is 0.367. The summed E-state index contributed by atoms with van der Waals surface area (Å²) in [5.74, 6) is 0. The van der Waals surface area contributed by atoms with Crippen LogP contribution in [-0.4, -0.2) is 18.2 Å². The Bertz CT molecular complexity index is 195. The molecule has 0 aromatic carbocycles. The summed E-state index contributed by atoms with van der Waals surface area (Å²) in [6.45, 7) is 3.02. The van der Waals surface area contributed by atoms with Gasteiger partial charge in [-0.1, -0.05) is 12.2 Å². The second-order valence-corrected chi connectivity index (χ2v) is 3.45. The molecule has 1 atom stereocenters. The Morgan fingerprint density at radius 1 is 1.50 bits per heavy atom. The summed E-state index contributed by atoms with van der Waals surface area (Å²) in [5, 5.41) is -0.900. The van der Waals surface area contributed by atoms with Crippen molar-refractivity contribution < 1.29 is 64.4 Å². The van der Waals surface area contributed by atoms with Crippen LogP contribution in [0.4, 0.5) is 0 Å². The van der Waals surface area contributed by atoms with Crippen LogP contribution in [0.5, 0.6) is 0 Å². The molecule has 0 saturated heterocycles. The Labute approximate surface area is 104 Å². The molecule has 0 saturated carbocycles. The third kappa shape index (κ3) is 6.03. The molecule has 0 spiro atoms. The molecule has 0 amide bonds. The van der Waals surface area contributed by atoms with Crippen LogP contribution < -0.4 is 51.4 Å². The number of allylic oxidation sites excluding steroid dienone is 1. The Morgan fingerprint density at radius 2 is 1.90 bits per heavy atom. The monoisotopic (exact) mass is 188 g/mol. The fraction of sp³-hybridized carbons (Fsp3) is 0.600. The Balaban J connectivity index is 0. The van der Waals surface area contributed by atoms with Crippen LogP contribution in [0.25, 0.3) is 0 Å². The van der Waals surface area contributed by atoms with Crippen LogP contribution in [0.1, 0.15) is 13.8 Å². The first kappa shape index (κ1) is 13.8. The quantitative estimate of drug-likeness (QED) is 0.273. The average molecular weight is 188 g/mol. The molecule has 0 aliphatic carbocycles. The van der Waals surface area contributed by atoms with Gasteiger partial charge in [0.1, 0.15) is 10.1 Å². The Kier molecular flexibility index (Phi) is 8.14. The average Bonchev–Trinajstić information content (AvgIpc) is 1.64. The summed E-state index contributed by atoms with van der Waals surface area (Å²) in [6.07, 6.45) is 2.89. The van der Waals surface area contributed by atoms with E-state index in [4.69, 9.17) is 0 Å². The minimum atomic E-state index is -4.10. The van der Waals surface area contributed by atoms with Crippen molar-refractivity contribution in [3.05, 3.63) is 12.2 Å². The van der Waals surface area contributed by atoms with E-state index < -0.39 is 15.4 Å². The minimum absolute atomic E-state index is 0. The van der Waals surface area contributed by atoms with E-state index in [2.05, 4.69) is 0 Å². The predicted molar refractivity (Wildman–Crippen MR) is 34.0 cm³/mol. The largest absolute Gasteiger partial charge is 1.00 e. The van der Waals surface area contributed by atoms with Crippen molar-refractivity contribution in [1.82, 2.24) is 0 Å². The molecule has 0 aromatic heterocycles. The summed E-state index contributed by atoms with van der Waals surface area (Å²) >= 11 is 0. The van der Waals surface area contributed by atoms with Crippen molar-refractivity contribution in [2.45, 2.75) is 19.1 Å². The van der Waals surface area contributed by atoms with Gasteiger partial charge in [-0.2, -0.15) is 0 Å². The number of hydrogen-bond donors (Lipinski definition) is 0. The van der Waals surface area contributed by atoms with Crippen LogP contribution in [0.2, 0.25) is 0 Å². The molecular weight excluding hydrogens is 179 g/mol. The van der Waals surface area contributed by atoms with Gasteiger partial charge in [0, 0.05) is 0 Å². The van der Waals surface area contributed by atoms with Crippen molar-refractivity contribution in [3.8, 4) is 0 Å². The van der Waals surface area contributed by atoms with Gasteiger partial charge in [-0.3, -0.25) is 0 Å². The van der Waals surface area contributed by atoms with Gasteiger partial charge in [-0.25, -0.2) is 8.42 Å². The topological polar surface area (TPSA) is 57.2 Å². The molecule has 5 heteroatoms. The third-order valence-electron chi connectivity index (χ3n) is 0.919. The molecule has 0 aromatic rings. The maximum atomic E-state index is 10.1. The van der Waals surface area contributed by atoms with Crippen molar-refractivity contribution in [1.29, 1.82) is 0 Å². The van der Waals surface area contributed by atoms with E-state index in [0.717, 1.165) is 0 Å². The fourth-order valence-corrected chi connectivity index (χ4v) is 0.717. The molecule has 10 heavy (non-hydrogen) atoms. The van der Waals surface area contributed by atoms with Crippen molar-refractivity contribution in [2.24, 2.45) is 0 Å². The zero-order valence-corrected chi connectivity index (χ0v) is 10.3. The van der Waals surface area contributed by atoms with E-state index in [1.165, 1.54) is 13.0 Å². The molecule has 0 heterocycles. The van der Waals surface area contributed by atoms with E-state index in [1.807, 2.05) is 0 Å². The van der Waals surface area contributed by atoms with Crippen LogP contribution in [0.15, 0.2) is 12.2 Å². The van der Waals surface area contributed by atoms with E-state index in [9.17, 15) is 13.0 Å². The Hall–Kier alpha value is 1.29. The molecule has 0 aliphatic heterocycles. The molecule has 0 N–H and O–H groups in total. The van der Waals surface area contributed by atoms with Crippen LogP contribution in [0, 0.1) is 0 Å². The van der Waals surface area contributed by atoms with Crippen LogP contribution >= 0.6 is 0 Å². The zero-order chi connectivity index (χ0) is 7.49. The molecule has 1 unspecified atom stereocenters. The molecule has 0 rings (SSSR count). The molecular formula is C5H9KO3S. The molecule has 0 radical (unpaired) electrons. The van der Waals surface area contributed by atoms with Gasteiger partial charge < -0.3 is 4.55 Å². The molecule has 0 bridgehead atoms. The van der Waals surface area contributed by atoms with Crippen molar-refractivity contribution in [3.63, 3.8) is 0 Å². The van der Waals surface area contributed by atoms with Gasteiger partial charge in [0.25, 0.3) is 0 Å². The predicted octanol–water partition coefficient (Wildman–Crippen LogP) is -2.50. The van der Waals surface area contributed by atoms with Gasteiger partial charge in [0.2, 0.25) is 0 Å². The normalized spacial score (nSPS) is 14.7. The van der Waals surface area contributed by atoms with E-state index in [-0.39, 0.29) is 51.4 Å². The number of hydrogen-bond acceptors (Lipinski definition) is 3. The SMILES string of the molecule is CC=CC(C)S(=O)(=O)[O-].[K+]. The Morgan fingerprint density at radius 3 is 2.00 bits per heavy atom. The maximum Gasteiger partial charge on any atom is 1.00 e. The summed E-state index contributed by atoms with van der Waals surface area (Å²) in [6, 6.07) is 0. The summed E-state index contributed by atoms with van der Waals surface area (Å²) in [7, 11) is -4.10. The van der Waals surface area contributed by atoms with E-state index in [1.54, 1.807) is 13.0 Å². The summed E-state index contributed by atoms with van der Waals surface area (Å²) in [5.41, 5.74) is 0. The van der Waals surface area contributed by atoms with Crippen molar-refractivity contribution in [2.75, 3.05) is 0 Å². The minimum Gasteiger partial charge on any atom is -0.747 e. The van der Waals surface area contributed by atoms with Gasteiger partial charge >= 0.3 is 51.4 Å². The summed E-state index contributed by atoms with van der Waals surface area (Å²) in [4.78, 5) is 0. The van der Waals surface area contributed by atoms with Crippen LogP contribution in [0.3, 0.4) is 0 Å².